The van der Waals surface area contributed by atoms with E-state index < -0.39 is 23.5 Å². The first-order valence-electron chi connectivity index (χ1n) is 10.3. The van der Waals surface area contributed by atoms with Crippen LogP contribution < -0.4 is 24.2 Å². The number of quaternary nitrogens is 1. The molecule has 33 heavy (non-hydrogen) atoms. The van der Waals surface area contributed by atoms with Gasteiger partial charge in [-0.1, -0.05) is 29.5 Å². The van der Waals surface area contributed by atoms with Crippen LogP contribution in [-0.2, 0) is 9.59 Å². The van der Waals surface area contributed by atoms with Crippen LogP contribution in [0.1, 0.15) is 17.2 Å². The van der Waals surface area contributed by atoms with E-state index in [0.29, 0.717) is 35.9 Å². The van der Waals surface area contributed by atoms with E-state index in [4.69, 9.17) is 25.8 Å². The highest BCUT2D eigenvalue weighted by Gasteiger charge is 2.44. The van der Waals surface area contributed by atoms with Gasteiger partial charge >= 0.3 is 0 Å². The molecule has 1 N–H and O–H groups in total. The third kappa shape index (κ3) is 4.77. The maximum atomic E-state index is 13.5. The molecule has 3 rings (SSSR count). The number of Topliss-reactive ketones (excluding diaryl/α,β-unsaturated/α-hetero) is 1. The molecular formula is C24H27ClN2O6. The van der Waals surface area contributed by atoms with Crippen LogP contribution in [-0.4, -0.2) is 65.1 Å². The van der Waals surface area contributed by atoms with E-state index in [2.05, 4.69) is 0 Å². The van der Waals surface area contributed by atoms with E-state index in [1.54, 1.807) is 24.3 Å². The summed E-state index contributed by atoms with van der Waals surface area (Å²) in [5.41, 5.74) is 0.647. The van der Waals surface area contributed by atoms with Crippen molar-refractivity contribution in [1.29, 1.82) is 0 Å². The Kier molecular flexibility index (Phi) is 7.50. The molecule has 1 unspecified atom stereocenters. The summed E-state index contributed by atoms with van der Waals surface area (Å²) in [6.45, 7) is 0.894. The Morgan fingerprint density at radius 1 is 1.00 bits per heavy atom. The van der Waals surface area contributed by atoms with Gasteiger partial charge in [0.25, 0.3) is 5.91 Å². The number of carbonyl (C=O) groups excluding carboxylic acids is 2. The van der Waals surface area contributed by atoms with Crippen LogP contribution in [0.4, 0.5) is 0 Å². The molecule has 2 aromatic rings. The average molecular weight is 475 g/mol. The minimum Gasteiger partial charge on any atom is -0.872 e. The van der Waals surface area contributed by atoms with Gasteiger partial charge in [-0.25, -0.2) is 0 Å². The monoisotopic (exact) mass is 474 g/mol. The summed E-state index contributed by atoms with van der Waals surface area (Å²) < 4.78 is 15.9. The van der Waals surface area contributed by atoms with Crippen LogP contribution in [0.25, 0.3) is 5.76 Å². The number of likely N-dealkylation sites (tertiary alicyclic amines) is 1. The third-order valence-corrected chi connectivity index (χ3v) is 5.81. The van der Waals surface area contributed by atoms with Gasteiger partial charge in [0.15, 0.2) is 11.5 Å². The van der Waals surface area contributed by atoms with Gasteiger partial charge in [-0.05, 0) is 35.4 Å². The number of carbonyl (C=O) groups is 2. The van der Waals surface area contributed by atoms with Crippen molar-refractivity contribution < 1.29 is 33.8 Å². The number of halogens is 1. The van der Waals surface area contributed by atoms with E-state index in [1.165, 1.54) is 38.4 Å². The summed E-state index contributed by atoms with van der Waals surface area (Å²) in [5.74, 6) is -0.758. The predicted octanol–water partition coefficient (Wildman–Crippen LogP) is 0.734. The first kappa shape index (κ1) is 24.4. The van der Waals surface area contributed by atoms with Crippen molar-refractivity contribution in [2.75, 3.05) is 48.5 Å². The molecule has 1 aliphatic heterocycles. The van der Waals surface area contributed by atoms with Crippen molar-refractivity contribution in [2.24, 2.45) is 0 Å². The molecule has 0 saturated carbocycles. The molecule has 1 atom stereocenters. The number of ketones is 1. The normalized spacial score (nSPS) is 17.5. The van der Waals surface area contributed by atoms with E-state index in [0.717, 1.165) is 4.90 Å². The van der Waals surface area contributed by atoms with E-state index in [-0.39, 0.29) is 16.2 Å². The largest absolute Gasteiger partial charge is 0.872 e. The number of nitrogens with zero attached hydrogens (tertiary/aromatic N) is 1. The number of amides is 1. The van der Waals surface area contributed by atoms with Crippen LogP contribution >= 0.6 is 11.6 Å². The van der Waals surface area contributed by atoms with Gasteiger partial charge in [0.05, 0.1) is 59.6 Å². The van der Waals surface area contributed by atoms with Crippen LogP contribution in [0.15, 0.2) is 42.0 Å². The van der Waals surface area contributed by atoms with Gasteiger partial charge in [0.2, 0.25) is 5.78 Å². The van der Waals surface area contributed by atoms with Crippen LogP contribution in [0.3, 0.4) is 0 Å². The van der Waals surface area contributed by atoms with Crippen molar-refractivity contribution in [3.8, 4) is 17.2 Å². The van der Waals surface area contributed by atoms with E-state index in [9.17, 15) is 14.7 Å². The molecule has 0 aromatic heterocycles. The zero-order valence-corrected chi connectivity index (χ0v) is 20.0. The Labute approximate surface area is 197 Å². The summed E-state index contributed by atoms with van der Waals surface area (Å²) >= 11 is 6.20. The number of benzene rings is 2. The zero-order valence-electron chi connectivity index (χ0n) is 19.2. The Morgan fingerprint density at radius 2 is 1.64 bits per heavy atom. The molecule has 0 bridgehead atoms. The Hall–Kier alpha value is -3.23. The van der Waals surface area contributed by atoms with Gasteiger partial charge < -0.3 is 29.1 Å². The molecule has 1 heterocycles. The summed E-state index contributed by atoms with van der Waals surface area (Å²) in [7, 11) is 8.37. The van der Waals surface area contributed by atoms with Gasteiger partial charge in [-0.2, -0.15) is 0 Å². The summed E-state index contributed by atoms with van der Waals surface area (Å²) in [6, 6.07) is 8.74. The number of hydrogen-bond donors (Lipinski definition) is 1. The zero-order chi connectivity index (χ0) is 24.3. The summed E-state index contributed by atoms with van der Waals surface area (Å²) in [4.78, 5) is 28.6. The lowest BCUT2D eigenvalue weighted by Crippen LogP contribution is -3.06. The number of hydrogen-bond acceptors (Lipinski definition) is 6. The average Bonchev–Trinajstić information content (AvgIpc) is 3.06. The van der Waals surface area contributed by atoms with E-state index >= 15 is 0 Å². The molecular weight excluding hydrogens is 448 g/mol. The number of ether oxygens (including phenoxy) is 3. The second kappa shape index (κ2) is 10.1. The fourth-order valence-electron chi connectivity index (χ4n) is 3.78. The van der Waals surface area contributed by atoms with Gasteiger partial charge in [-0.3, -0.25) is 9.59 Å². The first-order valence-corrected chi connectivity index (χ1v) is 10.7. The first-order chi connectivity index (χ1) is 15.7. The number of methoxy groups -OCH3 is 3. The van der Waals surface area contributed by atoms with Gasteiger partial charge in [-0.15, -0.1) is 0 Å². The molecule has 1 fully saturated rings. The molecule has 176 valence electrons. The van der Waals surface area contributed by atoms with Crippen molar-refractivity contribution in [3.05, 3.63) is 58.1 Å². The quantitative estimate of drug-likeness (QED) is 0.344. The fraction of sp³-hybridized carbons (Fsp3) is 0.333. The summed E-state index contributed by atoms with van der Waals surface area (Å²) in [5, 5.41) is 13.7. The second-order valence-electron chi connectivity index (χ2n) is 7.89. The Balaban J connectivity index is 2.19. The Bertz CT molecular complexity index is 1100. The lowest BCUT2D eigenvalue weighted by Gasteiger charge is -2.28. The number of rotatable bonds is 8. The maximum Gasteiger partial charge on any atom is 0.295 e. The van der Waals surface area contributed by atoms with Crippen LogP contribution in [0.5, 0.6) is 17.2 Å². The van der Waals surface area contributed by atoms with Crippen molar-refractivity contribution in [1.82, 2.24) is 4.90 Å². The van der Waals surface area contributed by atoms with Crippen molar-refractivity contribution >= 4 is 29.1 Å². The minimum absolute atomic E-state index is 0.123. The molecule has 1 saturated heterocycles. The highest BCUT2D eigenvalue weighted by molar-refractivity contribution is 6.46. The summed E-state index contributed by atoms with van der Waals surface area (Å²) in [6.07, 6.45) is 0. The third-order valence-electron chi connectivity index (χ3n) is 5.52. The molecule has 2 aromatic carbocycles. The standard InChI is InChI=1S/C24H27ClN2O6/c1-26(2)10-11-27-21(14-6-9-18(32-4)19(13-14)33-5)20(23(29)24(27)30)22(28)15-7-8-17(31-3)16(25)12-15/h6-9,12-13,21,28H,10-11H2,1-5H3. The van der Waals surface area contributed by atoms with Gasteiger partial charge in [0, 0.05) is 5.57 Å². The fourth-order valence-corrected chi connectivity index (χ4v) is 4.04. The highest BCUT2D eigenvalue weighted by atomic mass is 35.5. The van der Waals surface area contributed by atoms with E-state index in [1.807, 2.05) is 14.1 Å². The molecule has 0 radical (unpaired) electrons. The molecule has 9 heteroatoms. The van der Waals surface area contributed by atoms with Gasteiger partial charge in [0.1, 0.15) is 5.75 Å². The molecule has 0 aliphatic carbocycles. The lowest BCUT2D eigenvalue weighted by molar-refractivity contribution is -0.857. The molecule has 1 aliphatic rings. The number of likely N-dealkylation sites (N-methyl/N-ethyl adjacent to an activating group) is 1. The van der Waals surface area contributed by atoms with Crippen LogP contribution in [0, 0.1) is 0 Å². The highest BCUT2D eigenvalue weighted by Crippen LogP contribution is 2.41. The number of nitrogens with one attached hydrogen (secondary N) is 1. The minimum atomic E-state index is -0.863. The SMILES string of the molecule is COc1ccc(C([O-])=C2C(=O)C(=O)N(CC[NH+](C)C)C2c2ccc(OC)c(OC)c2)cc1Cl. The Morgan fingerprint density at radius 3 is 2.21 bits per heavy atom. The second-order valence-corrected chi connectivity index (χ2v) is 8.30. The predicted molar refractivity (Wildman–Crippen MR) is 122 cm³/mol. The van der Waals surface area contributed by atoms with Crippen molar-refractivity contribution in [2.45, 2.75) is 6.04 Å². The topological polar surface area (TPSA) is 92.6 Å². The van der Waals surface area contributed by atoms with Crippen molar-refractivity contribution in [3.63, 3.8) is 0 Å². The molecule has 0 spiro atoms. The maximum absolute atomic E-state index is 13.5. The van der Waals surface area contributed by atoms with Crippen LogP contribution in [0.2, 0.25) is 5.02 Å². The smallest absolute Gasteiger partial charge is 0.295 e. The molecule has 1 amide bonds. The lowest BCUT2D eigenvalue weighted by atomic mass is 9.95. The molecule has 8 nitrogen and oxygen atoms in total.